The van der Waals surface area contributed by atoms with E-state index in [1.54, 1.807) is 12.4 Å². The van der Waals surface area contributed by atoms with Crippen molar-refractivity contribution in [2.24, 2.45) is 0 Å². The normalized spacial score (nSPS) is 10.4. The summed E-state index contributed by atoms with van der Waals surface area (Å²) in [6.07, 6.45) is 1.67. The monoisotopic (exact) mass is 219 g/mol. The van der Waals surface area contributed by atoms with Crippen molar-refractivity contribution in [3.63, 3.8) is 0 Å². The van der Waals surface area contributed by atoms with Gasteiger partial charge < -0.3 is 10.3 Å². The second-order valence-corrected chi connectivity index (χ2v) is 3.79. The molecule has 0 aliphatic rings. The highest BCUT2D eigenvalue weighted by atomic mass is 19.1. The van der Waals surface area contributed by atoms with E-state index in [0.717, 1.165) is 22.6 Å². The van der Waals surface area contributed by atoms with Crippen molar-refractivity contribution < 1.29 is 4.39 Å². The van der Waals surface area contributed by atoms with E-state index in [1.807, 2.05) is 13.8 Å². The highest BCUT2D eigenvalue weighted by molar-refractivity contribution is 5.50. The first-order chi connectivity index (χ1) is 7.66. The SMILES string of the molecule is Cc1cc(F)ccc1NCc1nc[nH]c1C. The Hall–Kier alpha value is -1.84. The molecule has 16 heavy (non-hydrogen) atoms. The van der Waals surface area contributed by atoms with E-state index < -0.39 is 0 Å². The lowest BCUT2D eigenvalue weighted by Crippen LogP contribution is -2.02. The standard InChI is InChI=1S/C12H14FN3/c1-8-5-10(13)3-4-11(8)14-6-12-9(2)15-7-16-12/h3-5,7,14H,6H2,1-2H3,(H,15,16). The number of hydrogen-bond acceptors (Lipinski definition) is 2. The number of imidazole rings is 1. The summed E-state index contributed by atoms with van der Waals surface area (Å²) in [6.45, 7) is 4.49. The average molecular weight is 219 g/mol. The van der Waals surface area contributed by atoms with Gasteiger partial charge in [0.1, 0.15) is 5.82 Å². The molecular formula is C12H14FN3. The quantitative estimate of drug-likeness (QED) is 0.833. The maximum Gasteiger partial charge on any atom is 0.123 e. The van der Waals surface area contributed by atoms with E-state index in [1.165, 1.54) is 12.1 Å². The van der Waals surface area contributed by atoms with Crippen molar-refractivity contribution in [2.45, 2.75) is 20.4 Å². The first-order valence-corrected chi connectivity index (χ1v) is 5.15. The van der Waals surface area contributed by atoms with Gasteiger partial charge in [0.25, 0.3) is 0 Å². The molecule has 0 bridgehead atoms. The zero-order valence-corrected chi connectivity index (χ0v) is 9.34. The first kappa shape index (κ1) is 10.7. The first-order valence-electron chi connectivity index (χ1n) is 5.15. The number of aryl methyl sites for hydroxylation is 2. The van der Waals surface area contributed by atoms with Crippen LogP contribution in [0.1, 0.15) is 17.0 Å². The van der Waals surface area contributed by atoms with Crippen LogP contribution in [0.25, 0.3) is 0 Å². The van der Waals surface area contributed by atoms with Crippen LogP contribution >= 0.6 is 0 Å². The Labute approximate surface area is 93.7 Å². The molecule has 2 rings (SSSR count). The smallest absolute Gasteiger partial charge is 0.123 e. The van der Waals surface area contributed by atoms with Gasteiger partial charge in [-0.05, 0) is 37.6 Å². The van der Waals surface area contributed by atoms with Crippen LogP contribution < -0.4 is 5.32 Å². The predicted octanol–water partition coefficient (Wildman–Crippen LogP) is 2.78. The molecule has 4 heteroatoms. The second-order valence-electron chi connectivity index (χ2n) is 3.79. The van der Waals surface area contributed by atoms with Gasteiger partial charge in [-0.15, -0.1) is 0 Å². The lowest BCUT2D eigenvalue weighted by Gasteiger charge is -2.08. The Bertz CT molecular complexity index is 491. The molecule has 2 aromatic rings. The molecule has 0 atom stereocenters. The molecule has 84 valence electrons. The fourth-order valence-electron chi connectivity index (χ4n) is 1.57. The van der Waals surface area contributed by atoms with Crippen molar-refractivity contribution in [2.75, 3.05) is 5.32 Å². The molecular weight excluding hydrogens is 205 g/mol. The number of nitrogens with zero attached hydrogens (tertiary/aromatic N) is 1. The molecule has 2 N–H and O–H groups in total. The van der Waals surface area contributed by atoms with E-state index >= 15 is 0 Å². The number of benzene rings is 1. The summed E-state index contributed by atoms with van der Waals surface area (Å²) in [5.74, 6) is -0.209. The Kier molecular flexibility index (Phi) is 2.90. The summed E-state index contributed by atoms with van der Waals surface area (Å²) in [4.78, 5) is 7.20. The summed E-state index contributed by atoms with van der Waals surface area (Å²) in [7, 11) is 0. The van der Waals surface area contributed by atoms with E-state index in [9.17, 15) is 4.39 Å². The Morgan fingerprint density at radius 2 is 2.19 bits per heavy atom. The molecule has 0 aliphatic heterocycles. The van der Waals surface area contributed by atoms with Crippen LogP contribution in [0.3, 0.4) is 0 Å². The number of nitrogens with one attached hydrogen (secondary N) is 2. The summed E-state index contributed by atoms with van der Waals surface area (Å²) in [5.41, 5.74) is 3.85. The fraction of sp³-hybridized carbons (Fsp3) is 0.250. The van der Waals surface area contributed by atoms with Gasteiger partial charge in [-0.2, -0.15) is 0 Å². The molecule has 0 saturated heterocycles. The van der Waals surface area contributed by atoms with Crippen molar-refractivity contribution in [1.82, 2.24) is 9.97 Å². The van der Waals surface area contributed by atoms with Gasteiger partial charge in [0.2, 0.25) is 0 Å². The minimum atomic E-state index is -0.209. The van der Waals surface area contributed by atoms with Gasteiger partial charge in [0.05, 0.1) is 18.6 Å². The van der Waals surface area contributed by atoms with Crippen LogP contribution in [0.4, 0.5) is 10.1 Å². The van der Waals surface area contributed by atoms with Crippen LogP contribution in [0.15, 0.2) is 24.5 Å². The van der Waals surface area contributed by atoms with Crippen molar-refractivity contribution in [1.29, 1.82) is 0 Å². The third-order valence-electron chi connectivity index (χ3n) is 2.57. The van der Waals surface area contributed by atoms with Gasteiger partial charge in [-0.1, -0.05) is 0 Å². The van der Waals surface area contributed by atoms with Gasteiger partial charge in [-0.25, -0.2) is 9.37 Å². The summed E-state index contributed by atoms with van der Waals surface area (Å²) < 4.78 is 12.9. The van der Waals surface area contributed by atoms with E-state index in [2.05, 4.69) is 15.3 Å². The molecule has 1 aromatic carbocycles. The van der Waals surface area contributed by atoms with Crippen LogP contribution in [0.5, 0.6) is 0 Å². The number of rotatable bonds is 3. The molecule has 3 nitrogen and oxygen atoms in total. The minimum Gasteiger partial charge on any atom is -0.379 e. The van der Waals surface area contributed by atoms with Crippen LogP contribution in [-0.4, -0.2) is 9.97 Å². The van der Waals surface area contributed by atoms with E-state index in [-0.39, 0.29) is 5.82 Å². The van der Waals surface area contributed by atoms with Crippen LogP contribution in [0, 0.1) is 19.7 Å². The largest absolute Gasteiger partial charge is 0.379 e. The van der Waals surface area contributed by atoms with Crippen molar-refractivity contribution in [3.8, 4) is 0 Å². The number of H-pyrrole nitrogens is 1. The summed E-state index contributed by atoms with van der Waals surface area (Å²) >= 11 is 0. The zero-order valence-electron chi connectivity index (χ0n) is 9.34. The number of anilines is 1. The van der Waals surface area contributed by atoms with Crippen LogP contribution in [-0.2, 0) is 6.54 Å². The van der Waals surface area contributed by atoms with Gasteiger partial charge in [0.15, 0.2) is 0 Å². The van der Waals surface area contributed by atoms with Gasteiger partial charge >= 0.3 is 0 Å². The van der Waals surface area contributed by atoms with Crippen molar-refractivity contribution >= 4 is 5.69 Å². The number of aromatic nitrogens is 2. The third kappa shape index (κ3) is 2.21. The molecule has 0 aliphatic carbocycles. The van der Waals surface area contributed by atoms with Crippen molar-refractivity contribution in [3.05, 3.63) is 47.3 Å². The molecule has 1 aromatic heterocycles. The third-order valence-corrected chi connectivity index (χ3v) is 2.57. The molecule has 0 spiro atoms. The molecule has 0 radical (unpaired) electrons. The van der Waals surface area contributed by atoms with Gasteiger partial charge in [0, 0.05) is 11.4 Å². The predicted molar refractivity (Wildman–Crippen MR) is 61.8 cm³/mol. The van der Waals surface area contributed by atoms with E-state index in [0.29, 0.717) is 6.54 Å². The minimum absolute atomic E-state index is 0.209. The van der Waals surface area contributed by atoms with Gasteiger partial charge in [-0.3, -0.25) is 0 Å². The zero-order chi connectivity index (χ0) is 11.5. The number of hydrogen-bond donors (Lipinski definition) is 2. The molecule has 1 heterocycles. The highest BCUT2D eigenvalue weighted by Gasteiger charge is 2.03. The lowest BCUT2D eigenvalue weighted by atomic mass is 10.2. The molecule has 0 saturated carbocycles. The molecule has 0 unspecified atom stereocenters. The Morgan fingerprint density at radius 1 is 1.38 bits per heavy atom. The fourth-order valence-corrected chi connectivity index (χ4v) is 1.57. The number of halogens is 1. The average Bonchev–Trinajstić information content (AvgIpc) is 2.63. The van der Waals surface area contributed by atoms with E-state index in [4.69, 9.17) is 0 Å². The maximum atomic E-state index is 12.9. The topological polar surface area (TPSA) is 40.7 Å². The number of aromatic amines is 1. The molecule has 0 fully saturated rings. The summed E-state index contributed by atoms with van der Waals surface area (Å²) in [5, 5.41) is 3.23. The van der Waals surface area contributed by atoms with Crippen LogP contribution in [0.2, 0.25) is 0 Å². The highest BCUT2D eigenvalue weighted by Crippen LogP contribution is 2.16. The maximum absolute atomic E-state index is 12.9. The molecule has 0 amide bonds. The Morgan fingerprint density at radius 3 is 2.81 bits per heavy atom. The Balaban J connectivity index is 2.08. The summed E-state index contributed by atoms with van der Waals surface area (Å²) in [6, 6.07) is 4.71. The lowest BCUT2D eigenvalue weighted by molar-refractivity contribution is 0.627. The second kappa shape index (κ2) is 4.35.